The highest BCUT2D eigenvalue weighted by atomic mass is 16.5. The van der Waals surface area contributed by atoms with E-state index in [9.17, 15) is 0 Å². The fourth-order valence-electron chi connectivity index (χ4n) is 3.14. The van der Waals surface area contributed by atoms with Crippen LogP contribution in [0.25, 0.3) is 5.65 Å². The lowest BCUT2D eigenvalue weighted by molar-refractivity contribution is 0.181. The standard InChI is InChI=1S/C16H23N3O/c1-3-18-8-4-5-13(10-18)9-14-11-19-12-15(20-2)6-7-16(19)17-14/h6-7,11-13H,3-5,8-10H2,1-2H3. The molecule has 108 valence electrons. The molecule has 1 fully saturated rings. The number of hydrogen-bond acceptors (Lipinski definition) is 3. The van der Waals surface area contributed by atoms with Crippen LogP contribution in [0.2, 0.25) is 0 Å². The Labute approximate surface area is 120 Å². The van der Waals surface area contributed by atoms with Crippen LogP contribution in [-0.2, 0) is 6.42 Å². The van der Waals surface area contributed by atoms with E-state index in [2.05, 4.69) is 22.4 Å². The minimum atomic E-state index is 0.746. The van der Waals surface area contributed by atoms with Crippen molar-refractivity contribution in [1.82, 2.24) is 14.3 Å². The SMILES string of the molecule is CCN1CCCC(Cc2cn3cc(OC)ccc3n2)C1. The number of imidazole rings is 1. The first-order valence-electron chi connectivity index (χ1n) is 7.52. The molecule has 20 heavy (non-hydrogen) atoms. The van der Waals surface area contributed by atoms with Gasteiger partial charge in [0, 0.05) is 12.7 Å². The fraction of sp³-hybridized carbons (Fsp3) is 0.562. The number of hydrogen-bond donors (Lipinski definition) is 0. The Bertz CT molecular complexity index is 578. The number of piperidine rings is 1. The summed E-state index contributed by atoms with van der Waals surface area (Å²) in [7, 11) is 1.69. The molecule has 0 aromatic carbocycles. The monoisotopic (exact) mass is 273 g/mol. The van der Waals surface area contributed by atoms with Crippen LogP contribution in [0, 0.1) is 5.92 Å². The minimum Gasteiger partial charge on any atom is -0.495 e. The summed E-state index contributed by atoms with van der Waals surface area (Å²) < 4.78 is 7.32. The van der Waals surface area contributed by atoms with Gasteiger partial charge in [-0.25, -0.2) is 4.98 Å². The molecule has 0 radical (unpaired) electrons. The van der Waals surface area contributed by atoms with Crippen molar-refractivity contribution in [2.45, 2.75) is 26.2 Å². The van der Waals surface area contributed by atoms with Gasteiger partial charge in [0.15, 0.2) is 0 Å². The molecule has 1 saturated heterocycles. The summed E-state index contributed by atoms with van der Waals surface area (Å²) in [4.78, 5) is 7.27. The summed E-state index contributed by atoms with van der Waals surface area (Å²) in [5.74, 6) is 1.62. The Morgan fingerprint density at radius 1 is 1.35 bits per heavy atom. The molecule has 4 heteroatoms. The highest BCUT2D eigenvalue weighted by molar-refractivity contribution is 5.43. The summed E-state index contributed by atoms with van der Waals surface area (Å²) >= 11 is 0. The molecule has 1 atom stereocenters. The van der Waals surface area contributed by atoms with Crippen LogP contribution in [0.4, 0.5) is 0 Å². The van der Waals surface area contributed by atoms with Crippen LogP contribution < -0.4 is 4.74 Å². The predicted octanol–water partition coefficient (Wildman–Crippen LogP) is 2.62. The van der Waals surface area contributed by atoms with Crippen molar-refractivity contribution in [2.75, 3.05) is 26.7 Å². The van der Waals surface area contributed by atoms with E-state index >= 15 is 0 Å². The quantitative estimate of drug-likeness (QED) is 0.857. The van der Waals surface area contributed by atoms with Crippen LogP contribution in [0.1, 0.15) is 25.5 Å². The highest BCUT2D eigenvalue weighted by Gasteiger charge is 2.20. The maximum Gasteiger partial charge on any atom is 0.137 e. The van der Waals surface area contributed by atoms with Crippen molar-refractivity contribution in [3.05, 3.63) is 30.2 Å². The molecule has 0 spiro atoms. The topological polar surface area (TPSA) is 29.8 Å². The Kier molecular flexibility index (Phi) is 3.92. The molecule has 0 aliphatic carbocycles. The van der Waals surface area contributed by atoms with Crippen molar-refractivity contribution in [2.24, 2.45) is 5.92 Å². The molecular formula is C16H23N3O. The van der Waals surface area contributed by atoms with Crippen LogP contribution in [0.3, 0.4) is 0 Å². The van der Waals surface area contributed by atoms with Gasteiger partial charge in [-0.3, -0.25) is 0 Å². The lowest BCUT2D eigenvalue weighted by Crippen LogP contribution is -2.35. The van der Waals surface area contributed by atoms with Crippen molar-refractivity contribution in [1.29, 1.82) is 0 Å². The van der Waals surface area contributed by atoms with Crippen LogP contribution in [-0.4, -0.2) is 41.0 Å². The average Bonchev–Trinajstić information content (AvgIpc) is 2.88. The molecule has 1 aliphatic rings. The van der Waals surface area contributed by atoms with Gasteiger partial charge >= 0.3 is 0 Å². The van der Waals surface area contributed by atoms with E-state index in [-0.39, 0.29) is 0 Å². The van der Waals surface area contributed by atoms with Gasteiger partial charge in [0.25, 0.3) is 0 Å². The minimum absolute atomic E-state index is 0.746. The van der Waals surface area contributed by atoms with E-state index in [0.29, 0.717) is 0 Å². The highest BCUT2D eigenvalue weighted by Crippen LogP contribution is 2.21. The molecule has 0 bridgehead atoms. The second-order valence-corrected chi connectivity index (χ2v) is 5.67. The van der Waals surface area contributed by atoms with Crippen LogP contribution in [0.15, 0.2) is 24.5 Å². The zero-order valence-electron chi connectivity index (χ0n) is 12.4. The first-order valence-corrected chi connectivity index (χ1v) is 7.52. The molecule has 2 aromatic heterocycles. The summed E-state index contributed by atoms with van der Waals surface area (Å²) in [5, 5.41) is 0. The van der Waals surface area contributed by atoms with E-state index in [1.54, 1.807) is 7.11 Å². The molecular weight excluding hydrogens is 250 g/mol. The second kappa shape index (κ2) is 5.83. The zero-order chi connectivity index (χ0) is 13.9. The van der Waals surface area contributed by atoms with Gasteiger partial charge < -0.3 is 14.0 Å². The van der Waals surface area contributed by atoms with Crippen molar-refractivity contribution >= 4 is 5.65 Å². The maximum atomic E-state index is 5.25. The third-order valence-electron chi connectivity index (χ3n) is 4.26. The summed E-state index contributed by atoms with van der Waals surface area (Å²) in [6.07, 6.45) is 7.86. The number of aromatic nitrogens is 2. The predicted molar refractivity (Wildman–Crippen MR) is 80.3 cm³/mol. The van der Waals surface area contributed by atoms with Crippen molar-refractivity contribution in [3.63, 3.8) is 0 Å². The van der Waals surface area contributed by atoms with Crippen LogP contribution >= 0.6 is 0 Å². The Morgan fingerprint density at radius 3 is 3.05 bits per heavy atom. The Morgan fingerprint density at radius 2 is 2.25 bits per heavy atom. The summed E-state index contributed by atoms with van der Waals surface area (Å²) in [6, 6.07) is 3.98. The van der Waals surface area contributed by atoms with Gasteiger partial charge in [-0.1, -0.05) is 6.92 Å². The van der Waals surface area contributed by atoms with E-state index in [1.165, 1.54) is 38.2 Å². The molecule has 1 unspecified atom stereocenters. The van der Waals surface area contributed by atoms with E-state index in [4.69, 9.17) is 9.72 Å². The number of rotatable bonds is 4. The zero-order valence-corrected chi connectivity index (χ0v) is 12.4. The van der Waals surface area contributed by atoms with Crippen LogP contribution in [0.5, 0.6) is 5.75 Å². The largest absolute Gasteiger partial charge is 0.495 e. The third-order valence-corrected chi connectivity index (χ3v) is 4.26. The van der Waals surface area contributed by atoms with E-state index < -0.39 is 0 Å². The molecule has 1 aliphatic heterocycles. The molecule has 2 aromatic rings. The fourth-order valence-corrected chi connectivity index (χ4v) is 3.14. The summed E-state index contributed by atoms with van der Waals surface area (Å²) in [6.45, 7) is 5.89. The van der Waals surface area contributed by atoms with Crippen molar-refractivity contribution < 1.29 is 4.74 Å². The summed E-state index contributed by atoms with van der Waals surface area (Å²) in [5.41, 5.74) is 2.20. The normalized spacial score (nSPS) is 20.4. The Hall–Kier alpha value is -1.55. The number of methoxy groups -OCH3 is 1. The first-order chi connectivity index (χ1) is 9.78. The van der Waals surface area contributed by atoms with E-state index in [0.717, 1.165) is 23.7 Å². The number of ether oxygens (including phenoxy) is 1. The molecule has 0 saturated carbocycles. The van der Waals surface area contributed by atoms with Gasteiger partial charge in [-0.15, -0.1) is 0 Å². The number of nitrogens with zero attached hydrogens (tertiary/aromatic N) is 3. The molecule has 4 nitrogen and oxygen atoms in total. The molecule has 3 rings (SSSR count). The number of likely N-dealkylation sites (tertiary alicyclic amines) is 1. The average molecular weight is 273 g/mol. The molecule has 3 heterocycles. The number of pyridine rings is 1. The smallest absolute Gasteiger partial charge is 0.137 e. The lowest BCUT2D eigenvalue weighted by atomic mass is 9.94. The van der Waals surface area contributed by atoms with Gasteiger partial charge in [0.1, 0.15) is 11.4 Å². The third kappa shape index (κ3) is 2.80. The maximum absolute atomic E-state index is 5.25. The van der Waals surface area contributed by atoms with Crippen molar-refractivity contribution in [3.8, 4) is 5.75 Å². The Balaban J connectivity index is 1.74. The lowest BCUT2D eigenvalue weighted by Gasteiger charge is -2.31. The van der Waals surface area contributed by atoms with Gasteiger partial charge in [0.2, 0.25) is 0 Å². The van der Waals surface area contributed by atoms with E-state index in [1.807, 2.05) is 18.3 Å². The van der Waals surface area contributed by atoms with Gasteiger partial charge in [-0.2, -0.15) is 0 Å². The van der Waals surface area contributed by atoms with Gasteiger partial charge in [-0.05, 0) is 50.4 Å². The molecule has 0 N–H and O–H groups in total. The number of fused-ring (bicyclic) bond motifs is 1. The first kappa shape index (κ1) is 13.4. The molecule has 0 amide bonds. The van der Waals surface area contributed by atoms with Gasteiger partial charge in [0.05, 0.1) is 19.0 Å². The second-order valence-electron chi connectivity index (χ2n) is 5.67.